The van der Waals surface area contributed by atoms with E-state index in [9.17, 15) is 4.79 Å². The minimum atomic E-state index is -0.0242. The van der Waals surface area contributed by atoms with E-state index in [4.69, 9.17) is 4.98 Å². The van der Waals surface area contributed by atoms with Gasteiger partial charge in [-0.25, -0.2) is 4.98 Å². The number of pyridine rings is 1. The maximum absolute atomic E-state index is 11.9. The highest BCUT2D eigenvalue weighted by molar-refractivity contribution is 7.17. The van der Waals surface area contributed by atoms with Crippen LogP contribution < -0.4 is 5.43 Å². The first-order valence-electron chi connectivity index (χ1n) is 8.57. The average Bonchev–Trinajstić information content (AvgIpc) is 3.39. The van der Waals surface area contributed by atoms with Crippen molar-refractivity contribution in [1.29, 1.82) is 0 Å². The maximum atomic E-state index is 11.9. The third kappa shape index (κ3) is 2.63. The monoisotopic (exact) mass is 373 g/mol. The Morgan fingerprint density at radius 2 is 2.04 bits per heavy atom. The summed E-state index contributed by atoms with van der Waals surface area (Å²) in [7, 11) is 0. The van der Waals surface area contributed by atoms with E-state index in [0.29, 0.717) is 6.42 Å². The van der Waals surface area contributed by atoms with E-state index in [2.05, 4.69) is 15.3 Å². The van der Waals surface area contributed by atoms with Crippen molar-refractivity contribution >= 4 is 28.8 Å². The molecular formula is C20H15N5OS. The first kappa shape index (κ1) is 15.9. The van der Waals surface area contributed by atoms with Gasteiger partial charge >= 0.3 is 0 Å². The smallest absolute Gasteiger partial charge is 0.182 e. The molecule has 0 spiro atoms. The summed E-state index contributed by atoms with van der Waals surface area (Å²) in [6, 6.07) is 13.3. The molecule has 132 valence electrons. The highest BCUT2D eigenvalue weighted by Crippen LogP contribution is 2.38. The molecule has 7 heteroatoms. The predicted molar refractivity (Wildman–Crippen MR) is 109 cm³/mol. The molecule has 27 heavy (non-hydrogen) atoms. The fraction of sp³-hybridized carbons (Fsp3) is 0.100. The third-order valence-electron chi connectivity index (χ3n) is 4.54. The molecule has 0 amide bonds. The van der Waals surface area contributed by atoms with Crippen molar-refractivity contribution in [3.05, 3.63) is 69.5 Å². The van der Waals surface area contributed by atoms with Crippen molar-refractivity contribution in [3.63, 3.8) is 0 Å². The number of hydrogen-bond acceptors (Lipinski definition) is 5. The second kappa shape index (κ2) is 6.14. The Hall–Kier alpha value is -3.32. The van der Waals surface area contributed by atoms with Crippen LogP contribution in [0.4, 0.5) is 0 Å². The Morgan fingerprint density at radius 3 is 2.81 bits per heavy atom. The van der Waals surface area contributed by atoms with Crippen LogP contribution in [0, 0.1) is 6.92 Å². The molecule has 1 N–H and O–H groups in total. The summed E-state index contributed by atoms with van der Waals surface area (Å²) in [4.78, 5) is 17.9. The Balaban J connectivity index is 1.76. The van der Waals surface area contributed by atoms with Gasteiger partial charge in [0.05, 0.1) is 27.4 Å². The van der Waals surface area contributed by atoms with Gasteiger partial charge in [0.1, 0.15) is 5.01 Å². The van der Waals surface area contributed by atoms with Crippen LogP contribution in [0.15, 0.2) is 63.7 Å². The number of hydrogen-bond donors (Lipinski definition) is 1. The number of H-pyrrole nitrogens is 1. The van der Waals surface area contributed by atoms with Gasteiger partial charge in [-0.2, -0.15) is 10.2 Å². The van der Waals surface area contributed by atoms with Gasteiger partial charge in [-0.15, -0.1) is 11.3 Å². The fourth-order valence-corrected chi connectivity index (χ4v) is 4.49. The van der Waals surface area contributed by atoms with Crippen LogP contribution >= 0.6 is 11.3 Å². The topological polar surface area (TPSA) is 74.9 Å². The summed E-state index contributed by atoms with van der Waals surface area (Å²) < 4.78 is 1.85. The quantitative estimate of drug-likeness (QED) is 0.591. The molecule has 0 radical (unpaired) electrons. The van der Waals surface area contributed by atoms with E-state index in [0.717, 1.165) is 43.6 Å². The molecule has 1 aliphatic rings. The van der Waals surface area contributed by atoms with Crippen molar-refractivity contribution in [1.82, 2.24) is 14.6 Å². The SMILES string of the molecule is Cc1[nH]n2ccc(=O)cc2c1-c1nc(-c2ccccc2)c(C2=NN=CC2)s1. The standard InChI is InChI=1S/C20H15N5OS/c1-12-17(16-11-14(26)8-10-25(16)24-12)20-22-18(13-5-3-2-4-6-13)19(27-20)15-7-9-21-23-15/h2-6,8-11,24H,7H2,1H3. The number of aryl methyl sites for hydroxylation is 1. The van der Waals surface area contributed by atoms with Crippen molar-refractivity contribution in [2.24, 2.45) is 10.2 Å². The van der Waals surface area contributed by atoms with Crippen LogP contribution in [0.25, 0.3) is 27.3 Å². The molecule has 1 aromatic carbocycles. The molecular weight excluding hydrogens is 358 g/mol. The van der Waals surface area contributed by atoms with Gasteiger partial charge < -0.3 is 0 Å². The summed E-state index contributed by atoms with van der Waals surface area (Å²) in [6.45, 7) is 1.99. The van der Waals surface area contributed by atoms with Crippen molar-refractivity contribution in [3.8, 4) is 21.8 Å². The van der Waals surface area contributed by atoms with Crippen LogP contribution in [-0.2, 0) is 0 Å². The molecule has 0 atom stereocenters. The largest absolute Gasteiger partial charge is 0.298 e. The molecule has 6 nitrogen and oxygen atoms in total. The fourth-order valence-electron chi connectivity index (χ4n) is 3.30. The lowest BCUT2D eigenvalue weighted by atomic mass is 10.1. The number of fused-ring (bicyclic) bond motifs is 1. The van der Waals surface area contributed by atoms with Crippen LogP contribution in [0.1, 0.15) is 17.0 Å². The normalized spacial score (nSPS) is 13.4. The zero-order valence-corrected chi connectivity index (χ0v) is 15.3. The molecule has 0 aliphatic carbocycles. The third-order valence-corrected chi connectivity index (χ3v) is 5.66. The van der Waals surface area contributed by atoms with Gasteiger partial charge in [0.2, 0.25) is 0 Å². The minimum absolute atomic E-state index is 0.0242. The number of rotatable bonds is 3. The van der Waals surface area contributed by atoms with E-state index in [1.54, 1.807) is 35.9 Å². The molecule has 3 aromatic heterocycles. The number of nitrogens with zero attached hydrogens (tertiary/aromatic N) is 4. The molecule has 4 aromatic rings. The number of aromatic amines is 1. The molecule has 0 bridgehead atoms. The lowest BCUT2D eigenvalue weighted by Crippen LogP contribution is -1.98. The highest BCUT2D eigenvalue weighted by atomic mass is 32.1. The van der Waals surface area contributed by atoms with E-state index in [-0.39, 0.29) is 5.43 Å². The van der Waals surface area contributed by atoms with E-state index in [1.165, 1.54) is 0 Å². The van der Waals surface area contributed by atoms with E-state index in [1.807, 2.05) is 41.8 Å². The minimum Gasteiger partial charge on any atom is -0.298 e. The second-order valence-electron chi connectivity index (χ2n) is 6.34. The Morgan fingerprint density at radius 1 is 1.19 bits per heavy atom. The number of thiazole rings is 1. The summed E-state index contributed by atoms with van der Waals surface area (Å²) in [5, 5.41) is 12.4. The highest BCUT2D eigenvalue weighted by Gasteiger charge is 2.22. The molecule has 0 fully saturated rings. The van der Waals surface area contributed by atoms with Crippen molar-refractivity contribution in [2.45, 2.75) is 13.3 Å². The zero-order valence-electron chi connectivity index (χ0n) is 14.5. The summed E-state index contributed by atoms with van der Waals surface area (Å²) in [5.74, 6) is 0. The Labute approximate surface area is 158 Å². The van der Waals surface area contributed by atoms with Gasteiger partial charge in [-0.3, -0.25) is 14.4 Å². The average molecular weight is 373 g/mol. The molecule has 1 aliphatic heterocycles. The molecule has 5 rings (SSSR count). The number of nitrogens with one attached hydrogen (secondary N) is 1. The second-order valence-corrected chi connectivity index (χ2v) is 7.34. The zero-order chi connectivity index (χ0) is 18.4. The van der Waals surface area contributed by atoms with Crippen LogP contribution in [0.3, 0.4) is 0 Å². The first-order chi connectivity index (χ1) is 13.2. The van der Waals surface area contributed by atoms with Crippen LogP contribution in [-0.4, -0.2) is 26.5 Å². The van der Waals surface area contributed by atoms with Gasteiger partial charge in [-0.05, 0) is 6.92 Å². The Bertz CT molecular complexity index is 1280. The van der Waals surface area contributed by atoms with E-state index >= 15 is 0 Å². The molecule has 0 unspecified atom stereocenters. The summed E-state index contributed by atoms with van der Waals surface area (Å²) in [6.07, 6.45) is 4.25. The number of benzene rings is 1. The summed E-state index contributed by atoms with van der Waals surface area (Å²) >= 11 is 1.59. The van der Waals surface area contributed by atoms with E-state index < -0.39 is 0 Å². The number of aromatic nitrogens is 3. The maximum Gasteiger partial charge on any atom is 0.182 e. The van der Waals surface area contributed by atoms with Gasteiger partial charge in [0, 0.05) is 42.2 Å². The van der Waals surface area contributed by atoms with Gasteiger partial charge in [0.15, 0.2) is 5.43 Å². The molecule has 0 saturated carbocycles. The van der Waals surface area contributed by atoms with Crippen molar-refractivity contribution in [2.75, 3.05) is 0 Å². The summed E-state index contributed by atoms with van der Waals surface area (Å²) in [5.41, 5.74) is 5.57. The van der Waals surface area contributed by atoms with Gasteiger partial charge in [0.25, 0.3) is 0 Å². The molecule has 0 saturated heterocycles. The van der Waals surface area contributed by atoms with Crippen LogP contribution in [0.2, 0.25) is 0 Å². The van der Waals surface area contributed by atoms with Crippen molar-refractivity contribution < 1.29 is 0 Å². The predicted octanol–water partition coefficient (Wildman–Crippen LogP) is 3.91. The lowest BCUT2D eigenvalue weighted by molar-refractivity contribution is 0.932. The molecule has 4 heterocycles. The first-order valence-corrected chi connectivity index (χ1v) is 9.39. The Kier molecular flexibility index (Phi) is 3.61. The van der Waals surface area contributed by atoms with Gasteiger partial charge in [-0.1, -0.05) is 30.3 Å². The van der Waals surface area contributed by atoms with Crippen LogP contribution in [0.5, 0.6) is 0 Å². The lowest BCUT2D eigenvalue weighted by Gasteiger charge is -2.00.